The van der Waals surface area contributed by atoms with Crippen molar-refractivity contribution in [3.8, 4) is 0 Å². The highest BCUT2D eigenvalue weighted by Crippen LogP contribution is 2.40. The van der Waals surface area contributed by atoms with Gasteiger partial charge >= 0.3 is 6.09 Å². The van der Waals surface area contributed by atoms with Gasteiger partial charge in [0.15, 0.2) is 16.1 Å². The molecule has 4 heterocycles. The lowest BCUT2D eigenvalue weighted by Gasteiger charge is -2.42. The maximum absolute atomic E-state index is 15.3. The van der Waals surface area contributed by atoms with Crippen LogP contribution in [0, 0.1) is 5.82 Å². The Bertz CT molecular complexity index is 1180. The number of hydrogen-bond acceptors (Lipinski definition) is 7. The highest BCUT2D eigenvalue weighted by Gasteiger charge is 2.45. The van der Waals surface area contributed by atoms with Crippen molar-refractivity contribution in [3.05, 3.63) is 21.3 Å². The van der Waals surface area contributed by atoms with Gasteiger partial charge in [0.05, 0.1) is 12.1 Å². The van der Waals surface area contributed by atoms with E-state index >= 15 is 4.39 Å². The Labute approximate surface area is 214 Å². The van der Waals surface area contributed by atoms with Gasteiger partial charge in [-0.2, -0.15) is 0 Å². The van der Waals surface area contributed by atoms with Crippen molar-refractivity contribution in [2.45, 2.75) is 89.2 Å². The van der Waals surface area contributed by atoms with Gasteiger partial charge in [0, 0.05) is 19.1 Å². The van der Waals surface area contributed by atoms with E-state index in [-0.39, 0.29) is 45.8 Å². The Kier molecular flexibility index (Phi) is 7.26. The molecule has 2 aromatic rings. The van der Waals surface area contributed by atoms with E-state index in [4.69, 9.17) is 16.3 Å². The number of anilines is 1. The molecule has 192 valence electrons. The van der Waals surface area contributed by atoms with E-state index in [0.717, 1.165) is 25.7 Å². The first-order valence-electron chi connectivity index (χ1n) is 12.2. The monoisotopic (exact) mass is 525 g/mol. The minimum Gasteiger partial charge on any atom is -0.444 e. The number of hydrogen-bond donors (Lipinski definition) is 0. The number of rotatable bonds is 3. The number of ether oxygens (including phenoxy) is 1. The summed E-state index contributed by atoms with van der Waals surface area (Å²) < 4.78 is 22.3. The van der Waals surface area contributed by atoms with Crippen LogP contribution in [0.3, 0.4) is 0 Å². The summed E-state index contributed by atoms with van der Waals surface area (Å²) in [4.78, 5) is 39.1. The largest absolute Gasteiger partial charge is 0.444 e. The first kappa shape index (κ1) is 26.0. The molecule has 2 bridgehead atoms. The second-order valence-corrected chi connectivity index (χ2v) is 11.1. The zero-order valence-corrected chi connectivity index (χ0v) is 22.7. The topological polar surface area (TPSA) is 80.6 Å². The smallest absolute Gasteiger partial charge is 0.410 e. The van der Waals surface area contributed by atoms with Crippen LogP contribution in [0.5, 0.6) is 0 Å². The average molecular weight is 526 g/mol. The number of halogens is 2. The Morgan fingerprint density at radius 3 is 2.17 bits per heavy atom. The summed E-state index contributed by atoms with van der Waals surface area (Å²) in [5.41, 5.74) is -0.976. The van der Waals surface area contributed by atoms with E-state index in [0.29, 0.717) is 24.1 Å². The van der Waals surface area contributed by atoms with Crippen LogP contribution in [-0.2, 0) is 4.74 Å². The summed E-state index contributed by atoms with van der Waals surface area (Å²) >= 11 is 7.54. The molecule has 1 saturated carbocycles. The lowest BCUT2D eigenvalue weighted by Crippen LogP contribution is -2.57. The number of fused-ring (bicyclic) bond motifs is 3. The van der Waals surface area contributed by atoms with Crippen LogP contribution < -0.4 is 10.5 Å². The number of aromatic nitrogens is 3. The molecule has 0 radical (unpaired) electrons. The predicted molar refractivity (Wildman–Crippen MR) is 137 cm³/mol. The van der Waals surface area contributed by atoms with Crippen LogP contribution in [0.15, 0.2) is 9.95 Å². The lowest BCUT2D eigenvalue weighted by atomic mass is 10.1. The third-order valence-electron chi connectivity index (χ3n) is 6.38. The molecule has 2 saturated heterocycles. The van der Waals surface area contributed by atoms with Crippen LogP contribution in [0.2, 0.25) is 5.15 Å². The first-order valence-corrected chi connectivity index (χ1v) is 13.8. The molecule has 2 aromatic heterocycles. The van der Waals surface area contributed by atoms with E-state index in [2.05, 4.69) is 9.97 Å². The number of carbonyl (C=O) groups excluding carboxylic acids is 1. The van der Waals surface area contributed by atoms with Crippen molar-refractivity contribution in [2.75, 3.05) is 24.2 Å². The van der Waals surface area contributed by atoms with Gasteiger partial charge in [0.2, 0.25) is 0 Å². The molecule has 3 aliphatic rings. The molecule has 2 atom stereocenters. The van der Waals surface area contributed by atoms with Crippen molar-refractivity contribution in [1.29, 1.82) is 0 Å². The summed E-state index contributed by atoms with van der Waals surface area (Å²) in [5.74, 6) is -0.271. The molecule has 2 unspecified atom stereocenters. The van der Waals surface area contributed by atoms with Crippen molar-refractivity contribution < 1.29 is 13.9 Å². The van der Waals surface area contributed by atoms with Crippen molar-refractivity contribution >= 4 is 46.2 Å². The molecule has 2 aliphatic heterocycles. The number of amides is 1. The molecule has 0 aromatic carbocycles. The van der Waals surface area contributed by atoms with Gasteiger partial charge in [-0.05, 0) is 52.7 Å². The summed E-state index contributed by atoms with van der Waals surface area (Å²) in [6, 6.07) is -0.217. The van der Waals surface area contributed by atoms with Crippen molar-refractivity contribution in [3.63, 3.8) is 0 Å². The number of pyridine rings is 1. The first-order chi connectivity index (χ1) is 16.6. The van der Waals surface area contributed by atoms with Gasteiger partial charge < -0.3 is 9.64 Å². The van der Waals surface area contributed by atoms with E-state index in [1.165, 1.54) is 16.3 Å². The maximum atomic E-state index is 15.3. The molecule has 3 fully saturated rings. The molecule has 35 heavy (non-hydrogen) atoms. The van der Waals surface area contributed by atoms with Gasteiger partial charge in [0.1, 0.15) is 22.3 Å². The summed E-state index contributed by atoms with van der Waals surface area (Å²) in [5, 5.41) is 0.339. The standard InChI is InChI=1S/C22H27ClFN5O3S.C2H6/c1-22(2,3)32-21(31)28-12-7-8-13(28)10-27(9-12)18-14-16(25-20(26-18)33-4)15(24)17(23)29(19(14)30)11-5-6-11;1-2/h11-13H,5-10H2,1-4H3;1-2H3. The van der Waals surface area contributed by atoms with Crippen LogP contribution >= 0.6 is 23.4 Å². The van der Waals surface area contributed by atoms with Gasteiger partial charge in [-0.25, -0.2) is 19.2 Å². The highest BCUT2D eigenvalue weighted by molar-refractivity contribution is 7.98. The predicted octanol–water partition coefficient (Wildman–Crippen LogP) is 5.26. The molecule has 5 rings (SSSR count). The Hall–Kier alpha value is -2.07. The Morgan fingerprint density at radius 1 is 1.09 bits per heavy atom. The maximum Gasteiger partial charge on any atom is 0.410 e. The minimum absolute atomic E-state index is 0.0434. The normalized spacial score (nSPS) is 21.7. The van der Waals surface area contributed by atoms with Crippen LogP contribution in [0.4, 0.5) is 15.0 Å². The van der Waals surface area contributed by atoms with Gasteiger partial charge in [-0.15, -0.1) is 0 Å². The molecular weight excluding hydrogens is 493 g/mol. The Morgan fingerprint density at radius 2 is 1.66 bits per heavy atom. The molecule has 1 amide bonds. The third-order valence-corrected chi connectivity index (χ3v) is 7.28. The van der Waals surface area contributed by atoms with Crippen LogP contribution in [-0.4, -0.2) is 62.6 Å². The number of piperazine rings is 1. The molecular formula is C24H33ClFN5O3S. The number of thioether (sulfide) groups is 1. The minimum atomic E-state index is -0.688. The van der Waals surface area contributed by atoms with Gasteiger partial charge in [-0.1, -0.05) is 37.2 Å². The van der Waals surface area contributed by atoms with Gasteiger partial charge in [-0.3, -0.25) is 14.3 Å². The van der Waals surface area contributed by atoms with Gasteiger partial charge in [0.25, 0.3) is 5.56 Å². The molecule has 11 heteroatoms. The molecule has 8 nitrogen and oxygen atoms in total. The highest BCUT2D eigenvalue weighted by atomic mass is 35.5. The molecule has 0 N–H and O–H groups in total. The van der Waals surface area contributed by atoms with E-state index in [1.807, 2.05) is 44.4 Å². The third kappa shape index (κ3) is 4.83. The lowest BCUT2D eigenvalue weighted by molar-refractivity contribution is 0.0123. The second-order valence-electron chi connectivity index (χ2n) is 9.95. The van der Waals surface area contributed by atoms with E-state index in [1.54, 1.807) is 6.26 Å². The Balaban J connectivity index is 0.00000141. The summed E-state index contributed by atoms with van der Waals surface area (Å²) in [6.45, 7) is 10.5. The zero-order chi connectivity index (χ0) is 25.7. The van der Waals surface area contributed by atoms with E-state index in [9.17, 15) is 9.59 Å². The van der Waals surface area contributed by atoms with Crippen LogP contribution in [0.25, 0.3) is 10.9 Å². The molecule has 1 aliphatic carbocycles. The fourth-order valence-corrected chi connectivity index (χ4v) is 5.53. The zero-order valence-electron chi connectivity index (χ0n) is 21.1. The second kappa shape index (κ2) is 9.76. The van der Waals surface area contributed by atoms with E-state index < -0.39 is 11.4 Å². The number of nitrogens with zero attached hydrogens (tertiary/aromatic N) is 5. The quantitative estimate of drug-likeness (QED) is 0.307. The molecule has 0 spiro atoms. The summed E-state index contributed by atoms with van der Waals surface area (Å²) in [7, 11) is 0. The average Bonchev–Trinajstić information content (AvgIpc) is 3.61. The van der Waals surface area contributed by atoms with Crippen molar-refractivity contribution in [2.24, 2.45) is 0 Å². The number of carbonyl (C=O) groups is 1. The summed E-state index contributed by atoms with van der Waals surface area (Å²) in [6.07, 6.45) is 4.75. The van der Waals surface area contributed by atoms with Crippen LogP contribution in [0.1, 0.15) is 66.3 Å². The fraction of sp³-hybridized carbons (Fsp3) is 0.667. The van der Waals surface area contributed by atoms with Crippen molar-refractivity contribution in [1.82, 2.24) is 19.4 Å². The SMILES string of the molecule is CC.CSc1nc(N2CC3CCC(C2)N3C(=O)OC(C)(C)C)c2c(=O)n(C3CC3)c(Cl)c(F)c2n1. The fourth-order valence-electron chi connectivity index (χ4n) is 4.87.